The minimum Gasteiger partial charge on any atom is -0.330 e. The highest BCUT2D eigenvalue weighted by atomic mass is 14.5. The third kappa shape index (κ3) is 1.34. The summed E-state index contributed by atoms with van der Waals surface area (Å²) in [4.78, 5) is 0. The van der Waals surface area contributed by atoms with E-state index in [-0.39, 0.29) is 0 Å². The second-order valence-corrected chi connectivity index (χ2v) is 2.11. The molecule has 1 heteroatoms. The highest BCUT2D eigenvalue weighted by Crippen LogP contribution is 2.18. The van der Waals surface area contributed by atoms with Crippen molar-refractivity contribution in [3.8, 4) is 0 Å². The smallest absolute Gasteiger partial charge is 0.000242 e. The fraction of sp³-hybridized carbons (Fsp3) is 0.571. The summed E-state index contributed by atoms with van der Waals surface area (Å²) in [5, 5.41) is 0. The van der Waals surface area contributed by atoms with Crippen molar-refractivity contribution >= 4 is 0 Å². The first kappa shape index (κ1) is 5.83. The molecule has 1 aliphatic carbocycles. The average Bonchev–Trinajstić information content (AvgIpc) is 2.19. The molecule has 0 unspecified atom stereocenters. The molecular formula is C7H12N. The highest BCUT2D eigenvalue weighted by molar-refractivity contribution is 5.17. The van der Waals surface area contributed by atoms with Crippen LogP contribution in [0.3, 0.4) is 0 Å². The molecule has 1 nitrogen and oxygen atoms in total. The molecule has 0 atom stereocenters. The number of allylic oxidation sites excluding steroid dienone is 1. The third-order valence-corrected chi connectivity index (χ3v) is 1.46. The van der Waals surface area contributed by atoms with Gasteiger partial charge in [0.15, 0.2) is 0 Å². The van der Waals surface area contributed by atoms with Crippen molar-refractivity contribution in [2.45, 2.75) is 19.3 Å². The first-order valence-corrected chi connectivity index (χ1v) is 3.16. The zero-order valence-corrected chi connectivity index (χ0v) is 5.06. The predicted molar refractivity (Wildman–Crippen MR) is 35.3 cm³/mol. The first-order chi connectivity index (χ1) is 3.93. The van der Waals surface area contributed by atoms with Crippen molar-refractivity contribution < 1.29 is 0 Å². The molecule has 0 bridgehead atoms. The van der Waals surface area contributed by atoms with Crippen molar-refractivity contribution in [2.24, 2.45) is 5.73 Å². The van der Waals surface area contributed by atoms with Crippen molar-refractivity contribution in [3.63, 3.8) is 0 Å². The van der Waals surface area contributed by atoms with Gasteiger partial charge in [-0.3, -0.25) is 0 Å². The van der Waals surface area contributed by atoms with E-state index in [1.807, 2.05) is 0 Å². The lowest BCUT2D eigenvalue weighted by Gasteiger charge is -1.93. The van der Waals surface area contributed by atoms with E-state index in [9.17, 15) is 0 Å². The highest BCUT2D eigenvalue weighted by Gasteiger charge is 2.01. The Morgan fingerprint density at radius 3 is 3.12 bits per heavy atom. The first-order valence-electron chi connectivity index (χ1n) is 3.16. The molecule has 0 aliphatic heterocycles. The van der Waals surface area contributed by atoms with E-state index in [4.69, 9.17) is 5.73 Å². The van der Waals surface area contributed by atoms with Crippen LogP contribution in [0.2, 0.25) is 0 Å². The molecule has 0 spiro atoms. The molecule has 2 N–H and O–H groups in total. The van der Waals surface area contributed by atoms with Gasteiger partial charge < -0.3 is 5.73 Å². The Kier molecular flexibility index (Phi) is 2.10. The molecule has 0 amide bonds. The Morgan fingerprint density at radius 1 is 1.75 bits per heavy atom. The monoisotopic (exact) mass is 110 g/mol. The number of rotatable bonds is 2. The van der Waals surface area contributed by atoms with Crippen LogP contribution in [0, 0.1) is 6.42 Å². The quantitative estimate of drug-likeness (QED) is 0.569. The van der Waals surface area contributed by atoms with Crippen molar-refractivity contribution in [1.29, 1.82) is 0 Å². The minimum absolute atomic E-state index is 0.700. The fourth-order valence-electron chi connectivity index (χ4n) is 1.03. The molecule has 1 aliphatic rings. The van der Waals surface area contributed by atoms with Gasteiger partial charge in [0.05, 0.1) is 0 Å². The van der Waals surface area contributed by atoms with Gasteiger partial charge in [0.25, 0.3) is 0 Å². The van der Waals surface area contributed by atoms with E-state index in [0.29, 0.717) is 6.54 Å². The Hall–Kier alpha value is -0.300. The van der Waals surface area contributed by atoms with E-state index in [1.54, 1.807) is 0 Å². The predicted octanol–water partition coefficient (Wildman–Crippen LogP) is 1.26. The molecular weight excluding hydrogens is 98.1 g/mol. The maximum atomic E-state index is 5.31. The van der Waals surface area contributed by atoms with E-state index in [2.05, 4.69) is 12.5 Å². The SMILES string of the molecule is NC[CH]C1=CCCC1. The fourth-order valence-corrected chi connectivity index (χ4v) is 1.03. The van der Waals surface area contributed by atoms with Gasteiger partial charge in [-0.05, 0) is 32.2 Å². The zero-order valence-electron chi connectivity index (χ0n) is 5.06. The molecule has 0 saturated carbocycles. The van der Waals surface area contributed by atoms with Crippen molar-refractivity contribution in [2.75, 3.05) is 6.54 Å². The minimum atomic E-state index is 0.700. The third-order valence-electron chi connectivity index (χ3n) is 1.46. The molecule has 0 saturated heterocycles. The maximum absolute atomic E-state index is 5.31. The maximum Gasteiger partial charge on any atom is -0.000242 e. The standard InChI is InChI=1S/C7H12N/c8-6-5-7-3-1-2-4-7/h3,5H,1-2,4,6,8H2. The van der Waals surface area contributed by atoms with Crippen LogP contribution in [0.1, 0.15) is 19.3 Å². The van der Waals surface area contributed by atoms with Gasteiger partial charge >= 0.3 is 0 Å². The molecule has 0 aromatic rings. The summed E-state index contributed by atoms with van der Waals surface area (Å²) in [6.07, 6.45) is 8.20. The van der Waals surface area contributed by atoms with Crippen LogP contribution in [0.25, 0.3) is 0 Å². The summed E-state index contributed by atoms with van der Waals surface area (Å²) >= 11 is 0. The van der Waals surface area contributed by atoms with Gasteiger partial charge in [0, 0.05) is 0 Å². The van der Waals surface area contributed by atoms with Gasteiger partial charge in [-0.15, -0.1) is 0 Å². The van der Waals surface area contributed by atoms with Crippen molar-refractivity contribution in [1.82, 2.24) is 0 Å². The Labute approximate surface area is 50.6 Å². The van der Waals surface area contributed by atoms with Crippen LogP contribution < -0.4 is 5.73 Å². The molecule has 0 heterocycles. The van der Waals surface area contributed by atoms with Crippen LogP contribution in [0.5, 0.6) is 0 Å². The number of hydrogen-bond acceptors (Lipinski definition) is 1. The summed E-state index contributed by atoms with van der Waals surface area (Å²) in [6.45, 7) is 0.700. The lowest BCUT2D eigenvalue weighted by atomic mass is 10.2. The Bertz CT molecular complexity index is 94.6. The van der Waals surface area contributed by atoms with E-state index in [1.165, 1.54) is 24.8 Å². The van der Waals surface area contributed by atoms with Gasteiger partial charge in [-0.25, -0.2) is 0 Å². The molecule has 1 rings (SSSR count). The summed E-state index contributed by atoms with van der Waals surface area (Å²) in [6, 6.07) is 0. The average molecular weight is 110 g/mol. The lowest BCUT2D eigenvalue weighted by Crippen LogP contribution is -1.99. The lowest BCUT2D eigenvalue weighted by molar-refractivity contribution is 0.903. The second kappa shape index (κ2) is 2.88. The largest absolute Gasteiger partial charge is 0.330 e. The Morgan fingerprint density at radius 2 is 2.62 bits per heavy atom. The zero-order chi connectivity index (χ0) is 5.82. The second-order valence-electron chi connectivity index (χ2n) is 2.11. The van der Waals surface area contributed by atoms with Crippen LogP contribution >= 0.6 is 0 Å². The van der Waals surface area contributed by atoms with E-state index >= 15 is 0 Å². The molecule has 0 aromatic carbocycles. The van der Waals surface area contributed by atoms with Gasteiger partial charge in [-0.2, -0.15) is 0 Å². The van der Waals surface area contributed by atoms with Crippen LogP contribution in [0.4, 0.5) is 0 Å². The molecule has 45 valence electrons. The van der Waals surface area contributed by atoms with E-state index in [0.717, 1.165) is 0 Å². The number of hydrogen-bond donors (Lipinski definition) is 1. The molecule has 8 heavy (non-hydrogen) atoms. The van der Waals surface area contributed by atoms with Gasteiger partial charge in [0.1, 0.15) is 0 Å². The molecule has 1 radical (unpaired) electrons. The molecule has 0 fully saturated rings. The topological polar surface area (TPSA) is 26.0 Å². The molecule has 0 aromatic heterocycles. The van der Waals surface area contributed by atoms with Crippen molar-refractivity contribution in [3.05, 3.63) is 18.1 Å². The summed E-state index contributed by atoms with van der Waals surface area (Å²) in [5.41, 5.74) is 6.76. The van der Waals surface area contributed by atoms with E-state index < -0.39 is 0 Å². The van der Waals surface area contributed by atoms with Crippen LogP contribution in [-0.4, -0.2) is 6.54 Å². The normalized spacial score (nSPS) is 18.9. The Balaban J connectivity index is 2.23. The summed E-state index contributed by atoms with van der Waals surface area (Å²) < 4.78 is 0. The number of nitrogens with two attached hydrogens (primary N) is 1. The van der Waals surface area contributed by atoms with Crippen LogP contribution in [0.15, 0.2) is 11.6 Å². The van der Waals surface area contributed by atoms with Gasteiger partial charge in [-0.1, -0.05) is 11.6 Å². The van der Waals surface area contributed by atoms with Gasteiger partial charge in [0.2, 0.25) is 0 Å². The van der Waals surface area contributed by atoms with Crippen LogP contribution in [-0.2, 0) is 0 Å². The summed E-state index contributed by atoms with van der Waals surface area (Å²) in [7, 11) is 0. The summed E-state index contributed by atoms with van der Waals surface area (Å²) in [5.74, 6) is 0.